The van der Waals surface area contributed by atoms with Gasteiger partial charge in [-0.25, -0.2) is 0 Å². The summed E-state index contributed by atoms with van der Waals surface area (Å²) in [4.78, 5) is 17.4. The SMILES string of the molecule is Cc1cc2c(NCC(=O)N(C)C)ccc(N)c2cn1. The zero-order valence-electron chi connectivity index (χ0n) is 11.4. The Balaban J connectivity index is 2.35. The van der Waals surface area contributed by atoms with E-state index in [0.29, 0.717) is 5.69 Å². The van der Waals surface area contributed by atoms with Crippen molar-refractivity contribution in [2.45, 2.75) is 6.92 Å². The smallest absolute Gasteiger partial charge is 0.241 e. The standard InChI is InChI=1S/C14H18N4O/c1-9-6-10-11(7-16-9)12(15)4-5-13(10)17-8-14(19)18(2)3/h4-7,17H,8,15H2,1-3H3. The molecule has 0 bridgehead atoms. The first-order valence-electron chi connectivity index (χ1n) is 6.08. The Hall–Kier alpha value is -2.30. The number of hydrogen-bond acceptors (Lipinski definition) is 4. The van der Waals surface area contributed by atoms with E-state index in [1.165, 1.54) is 0 Å². The van der Waals surface area contributed by atoms with Crippen LogP contribution >= 0.6 is 0 Å². The van der Waals surface area contributed by atoms with E-state index in [-0.39, 0.29) is 12.5 Å². The molecule has 0 radical (unpaired) electrons. The second-order valence-corrected chi connectivity index (χ2v) is 4.72. The van der Waals surface area contributed by atoms with Crippen LogP contribution in [-0.4, -0.2) is 36.4 Å². The number of nitrogens with one attached hydrogen (secondary N) is 1. The molecule has 0 saturated heterocycles. The van der Waals surface area contributed by atoms with Gasteiger partial charge in [-0.1, -0.05) is 0 Å². The van der Waals surface area contributed by atoms with E-state index in [1.807, 2.05) is 25.1 Å². The van der Waals surface area contributed by atoms with Crippen LogP contribution in [0.25, 0.3) is 10.8 Å². The Morgan fingerprint density at radius 1 is 1.37 bits per heavy atom. The quantitative estimate of drug-likeness (QED) is 0.821. The molecule has 5 nitrogen and oxygen atoms in total. The minimum atomic E-state index is 0.0238. The highest BCUT2D eigenvalue weighted by molar-refractivity contribution is 6.01. The fourth-order valence-corrected chi connectivity index (χ4v) is 1.85. The molecule has 0 unspecified atom stereocenters. The van der Waals surface area contributed by atoms with Gasteiger partial charge in [0.2, 0.25) is 5.91 Å². The molecule has 0 fully saturated rings. The summed E-state index contributed by atoms with van der Waals surface area (Å²) < 4.78 is 0. The van der Waals surface area contributed by atoms with Gasteiger partial charge in [-0.3, -0.25) is 9.78 Å². The molecule has 1 amide bonds. The van der Waals surface area contributed by atoms with Crippen LogP contribution in [0.4, 0.5) is 11.4 Å². The van der Waals surface area contributed by atoms with Crippen molar-refractivity contribution in [2.75, 3.05) is 31.7 Å². The molecule has 3 N–H and O–H groups in total. The lowest BCUT2D eigenvalue weighted by Gasteiger charge is -2.14. The second kappa shape index (κ2) is 5.14. The largest absolute Gasteiger partial charge is 0.398 e. The van der Waals surface area contributed by atoms with Crippen LogP contribution in [0.2, 0.25) is 0 Å². The Kier molecular flexibility index (Phi) is 3.55. The van der Waals surface area contributed by atoms with Gasteiger partial charge in [0.15, 0.2) is 0 Å². The van der Waals surface area contributed by atoms with Crippen molar-refractivity contribution in [2.24, 2.45) is 0 Å². The van der Waals surface area contributed by atoms with Crippen LogP contribution in [0.1, 0.15) is 5.69 Å². The van der Waals surface area contributed by atoms with E-state index in [0.717, 1.165) is 22.2 Å². The van der Waals surface area contributed by atoms with Crippen LogP contribution in [-0.2, 0) is 4.79 Å². The summed E-state index contributed by atoms with van der Waals surface area (Å²) in [7, 11) is 3.47. The molecular formula is C14H18N4O. The summed E-state index contributed by atoms with van der Waals surface area (Å²) in [6.45, 7) is 2.19. The number of rotatable bonds is 3. The topological polar surface area (TPSA) is 71.2 Å². The number of aromatic nitrogens is 1. The molecule has 0 saturated carbocycles. The first kappa shape index (κ1) is 13.1. The number of anilines is 2. The van der Waals surface area contributed by atoms with Gasteiger partial charge in [0.1, 0.15) is 0 Å². The summed E-state index contributed by atoms with van der Waals surface area (Å²) in [6, 6.07) is 5.68. The lowest BCUT2D eigenvalue weighted by molar-refractivity contribution is -0.126. The number of carbonyl (C=O) groups is 1. The summed E-state index contributed by atoms with van der Waals surface area (Å²) >= 11 is 0. The predicted octanol–water partition coefficient (Wildman–Crippen LogP) is 1.63. The maximum absolute atomic E-state index is 11.6. The fraction of sp³-hybridized carbons (Fsp3) is 0.286. The molecule has 5 heteroatoms. The third-order valence-corrected chi connectivity index (χ3v) is 3.00. The van der Waals surface area contributed by atoms with Gasteiger partial charge in [-0.05, 0) is 25.1 Å². The third-order valence-electron chi connectivity index (χ3n) is 3.00. The number of fused-ring (bicyclic) bond motifs is 1. The van der Waals surface area contributed by atoms with Gasteiger partial charge in [0, 0.05) is 48.1 Å². The molecule has 0 aliphatic carbocycles. The zero-order valence-corrected chi connectivity index (χ0v) is 11.4. The van der Waals surface area contributed by atoms with E-state index in [4.69, 9.17) is 5.73 Å². The summed E-state index contributed by atoms with van der Waals surface area (Å²) in [5.41, 5.74) is 8.43. The zero-order chi connectivity index (χ0) is 14.0. The molecule has 1 heterocycles. The molecule has 2 aromatic rings. The number of likely N-dealkylation sites (N-methyl/N-ethyl adjacent to an activating group) is 1. The first-order valence-corrected chi connectivity index (χ1v) is 6.08. The van der Waals surface area contributed by atoms with Crippen molar-refractivity contribution in [1.82, 2.24) is 9.88 Å². The van der Waals surface area contributed by atoms with Crippen molar-refractivity contribution in [3.05, 3.63) is 30.1 Å². The molecule has 19 heavy (non-hydrogen) atoms. The number of carbonyl (C=O) groups excluding carboxylic acids is 1. The molecular weight excluding hydrogens is 240 g/mol. The number of benzene rings is 1. The van der Waals surface area contributed by atoms with Crippen molar-refractivity contribution >= 4 is 28.1 Å². The molecule has 1 aromatic heterocycles. The number of nitrogen functional groups attached to an aromatic ring is 1. The molecule has 2 rings (SSSR count). The monoisotopic (exact) mass is 258 g/mol. The van der Waals surface area contributed by atoms with Gasteiger partial charge in [-0.15, -0.1) is 0 Å². The maximum atomic E-state index is 11.6. The van der Waals surface area contributed by atoms with E-state index in [1.54, 1.807) is 25.2 Å². The highest BCUT2D eigenvalue weighted by atomic mass is 16.2. The minimum absolute atomic E-state index is 0.0238. The lowest BCUT2D eigenvalue weighted by Crippen LogP contribution is -2.28. The number of pyridine rings is 1. The summed E-state index contributed by atoms with van der Waals surface area (Å²) in [5, 5.41) is 5.03. The van der Waals surface area contributed by atoms with E-state index < -0.39 is 0 Å². The average molecular weight is 258 g/mol. The minimum Gasteiger partial charge on any atom is -0.398 e. The third kappa shape index (κ3) is 2.76. The van der Waals surface area contributed by atoms with Gasteiger partial charge in [0.25, 0.3) is 0 Å². The predicted molar refractivity (Wildman–Crippen MR) is 78.1 cm³/mol. The van der Waals surface area contributed by atoms with Crippen LogP contribution in [0.15, 0.2) is 24.4 Å². The van der Waals surface area contributed by atoms with Crippen LogP contribution in [0, 0.1) is 6.92 Å². The van der Waals surface area contributed by atoms with Gasteiger partial charge in [-0.2, -0.15) is 0 Å². The first-order chi connectivity index (χ1) is 8.99. The molecule has 1 aromatic carbocycles. The van der Waals surface area contributed by atoms with E-state index in [9.17, 15) is 4.79 Å². The van der Waals surface area contributed by atoms with E-state index >= 15 is 0 Å². The fourth-order valence-electron chi connectivity index (χ4n) is 1.85. The molecule has 100 valence electrons. The second-order valence-electron chi connectivity index (χ2n) is 4.72. The van der Waals surface area contributed by atoms with Crippen LogP contribution in [0.5, 0.6) is 0 Å². The van der Waals surface area contributed by atoms with Crippen molar-refractivity contribution in [3.63, 3.8) is 0 Å². The van der Waals surface area contributed by atoms with Gasteiger partial charge < -0.3 is 16.0 Å². The number of nitrogens with zero attached hydrogens (tertiary/aromatic N) is 2. The van der Waals surface area contributed by atoms with Gasteiger partial charge in [0.05, 0.1) is 6.54 Å². The molecule has 0 aliphatic heterocycles. The molecule has 0 atom stereocenters. The number of amides is 1. The Labute approximate surface area is 112 Å². The molecule has 0 aliphatic rings. The highest BCUT2D eigenvalue weighted by Gasteiger charge is 2.08. The van der Waals surface area contributed by atoms with E-state index in [2.05, 4.69) is 10.3 Å². The highest BCUT2D eigenvalue weighted by Crippen LogP contribution is 2.28. The summed E-state index contributed by atoms with van der Waals surface area (Å²) in [5.74, 6) is 0.0238. The number of hydrogen-bond donors (Lipinski definition) is 2. The van der Waals surface area contributed by atoms with Crippen LogP contribution in [0.3, 0.4) is 0 Å². The average Bonchev–Trinajstić information content (AvgIpc) is 2.37. The number of nitrogens with two attached hydrogens (primary N) is 1. The Bertz CT molecular complexity index is 622. The lowest BCUT2D eigenvalue weighted by atomic mass is 10.1. The van der Waals surface area contributed by atoms with Crippen molar-refractivity contribution in [1.29, 1.82) is 0 Å². The van der Waals surface area contributed by atoms with Gasteiger partial charge >= 0.3 is 0 Å². The Morgan fingerprint density at radius 2 is 2.11 bits per heavy atom. The van der Waals surface area contributed by atoms with Crippen molar-refractivity contribution in [3.8, 4) is 0 Å². The Morgan fingerprint density at radius 3 is 2.79 bits per heavy atom. The molecule has 0 spiro atoms. The summed E-state index contributed by atoms with van der Waals surface area (Å²) in [6.07, 6.45) is 1.76. The normalized spacial score (nSPS) is 10.5. The maximum Gasteiger partial charge on any atom is 0.241 e. The van der Waals surface area contributed by atoms with Crippen LogP contribution < -0.4 is 11.1 Å². The number of aryl methyl sites for hydroxylation is 1. The van der Waals surface area contributed by atoms with Crippen molar-refractivity contribution < 1.29 is 4.79 Å².